The summed E-state index contributed by atoms with van der Waals surface area (Å²) in [6.07, 6.45) is 9.99. The summed E-state index contributed by atoms with van der Waals surface area (Å²) in [4.78, 5) is 0. The Morgan fingerprint density at radius 2 is 1.65 bits per heavy atom. The molecule has 0 aliphatic heterocycles. The van der Waals surface area contributed by atoms with Gasteiger partial charge in [-0.15, -0.1) is 0 Å². The fourth-order valence-corrected chi connectivity index (χ4v) is 5.73. The molecule has 0 saturated heterocycles. The van der Waals surface area contributed by atoms with Crippen LogP contribution in [-0.2, 0) is 6.42 Å². The molecule has 1 nitrogen and oxygen atoms in total. The maximum absolute atomic E-state index is 4.07. The molecule has 0 heterocycles. The number of para-hydroxylation sites is 1. The smallest absolute Gasteiger partial charge is 0.0406 e. The molecular formula is C19H27N. The third-order valence-corrected chi connectivity index (χ3v) is 6.17. The van der Waals surface area contributed by atoms with Gasteiger partial charge in [-0.05, 0) is 80.8 Å². The lowest BCUT2D eigenvalue weighted by molar-refractivity contribution is 0.0106. The topological polar surface area (TPSA) is 12.0 Å². The summed E-state index contributed by atoms with van der Waals surface area (Å²) in [6, 6.07) is 6.77. The third-order valence-electron chi connectivity index (χ3n) is 6.17. The van der Waals surface area contributed by atoms with Crippen molar-refractivity contribution in [2.45, 2.75) is 64.3 Å². The van der Waals surface area contributed by atoms with E-state index in [9.17, 15) is 0 Å². The summed E-state index contributed by atoms with van der Waals surface area (Å²) < 4.78 is 0. The van der Waals surface area contributed by atoms with E-state index in [-0.39, 0.29) is 0 Å². The largest absolute Gasteiger partial charge is 0.379 e. The quantitative estimate of drug-likeness (QED) is 0.819. The predicted octanol–water partition coefficient (Wildman–Crippen LogP) is 4.94. The maximum Gasteiger partial charge on any atom is 0.0406 e. The van der Waals surface area contributed by atoms with Crippen molar-refractivity contribution in [1.82, 2.24) is 0 Å². The molecule has 5 rings (SSSR count). The van der Waals surface area contributed by atoms with Crippen LogP contribution in [0.1, 0.15) is 56.6 Å². The van der Waals surface area contributed by atoms with Gasteiger partial charge in [-0.1, -0.05) is 25.1 Å². The first-order valence-electron chi connectivity index (χ1n) is 8.54. The highest BCUT2D eigenvalue weighted by Gasteiger charge is 2.51. The molecule has 20 heavy (non-hydrogen) atoms. The Balaban J connectivity index is 1.66. The molecule has 4 fully saturated rings. The molecule has 1 aromatic carbocycles. The minimum atomic E-state index is 0.435. The lowest BCUT2D eigenvalue weighted by Crippen LogP contribution is -2.55. The standard InChI is InChI=1S/C19H27N/c1-3-17-6-4-5-13(2)18(17)20-19-10-14-7-15(11-19)9-16(8-14)12-19/h4-6,14-16,20H,3,7-12H2,1-2H3. The Hall–Kier alpha value is -0.980. The average molecular weight is 269 g/mol. The van der Waals surface area contributed by atoms with Crippen LogP contribution in [0.3, 0.4) is 0 Å². The molecule has 4 saturated carbocycles. The van der Waals surface area contributed by atoms with Gasteiger partial charge in [-0.3, -0.25) is 0 Å². The van der Waals surface area contributed by atoms with E-state index in [2.05, 4.69) is 37.4 Å². The van der Waals surface area contributed by atoms with Crippen LogP contribution >= 0.6 is 0 Å². The van der Waals surface area contributed by atoms with Crippen LogP contribution in [0.2, 0.25) is 0 Å². The molecule has 1 N–H and O–H groups in total. The Morgan fingerprint density at radius 1 is 1.05 bits per heavy atom. The highest BCUT2D eigenvalue weighted by molar-refractivity contribution is 5.59. The lowest BCUT2D eigenvalue weighted by atomic mass is 9.53. The number of hydrogen-bond donors (Lipinski definition) is 1. The molecule has 4 aliphatic rings. The van der Waals surface area contributed by atoms with Gasteiger partial charge in [0.15, 0.2) is 0 Å². The summed E-state index contributed by atoms with van der Waals surface area (Å²) in [7, 11) is 0. The van der Waals surface area contributed by atoms with Crippen LogP contribution in [0.5, 0.6) is 0 Å². The Bertz CT molecular complexity index is 481. The van der Waals surface area contributed by atoms with Gasteiger partial charge in [-0.2, -0.15) is 0 Å². The molecule has 0 radical (unpaired) electrons. The first-order valence-corrected chi connectivity index (χ1v) is 8.54. The zero-order valence-electron chi connectivity index (χ0n) is 12.9. The number of benzene rings is 1. The van der Waals surface area contributed by atoms with Crippen molar-refractivity contribution < 1.29 is 0 Å². The van der Waals surface area contributed by atoms with E-state index in [0.717, 1.165) is 24.2 Å². The number of anilines is 1. The molecule has 1 aromatic rings. The first-order chi connectivity index (χ1) is 9.67. The zero-order chi connectivity index (χ0) is 13.7. The summed E-state index contributed by atoms with van der Waals surface area (Å²) in [5.74, 6) is 3.05. The van der Waals surface area contributed by atoms with Gasteiger partial charge in [0.2, 0.25) is 0 Å². The van der Waals surface area contributed by atoms with E-state index >= 15 is 0 Å². The predicted molar refractivity (Wildman–Crippen MR) is 85.1 cm³/mol. The summed E-state index contributed by atoms with van der Waals surface area (Å²) in [5, 5.41) is 4.07. The molecule has 0 spiro atoms. The Kier molecular flexibility index (Phi) is 2.87. The number of aryl methyl sites for hydroxylation is 2. The van der Waals surface area contributed by atoms with Crippen molar-refractivity contribution in [2.75, 3.05) is 5.32 Å². The van der Waals surface area contributed by atoms with Crippen LogP contribution in [-0.4, -0.2) is 5.54 Å². The first kappa shape index (κ1) is 12.7. The van der Waals surface area contributed by atoms with Crippen molar-refractivity contribution in [3.63, 3.8) is 0 Å². The van der Waals surface area contributed by atoms with Gasteiger partial charge < -0.3 is 5.32 Å². The molecule has 0 amide bonds. The molecule has 4 aliphatic carbocycles. The van der Waals surface area contributed by atoms with Gasteiger partial charge >= 0.3 is 0 Å². The Labute approximate surface area is 123 Å². The van der Waals surface area contributed by atoms with Crippen LogP contribution in [0, 0.1) is 24.7 Å². The molecule has 4 bridgehead atoms. The van der Waals surface area contributed by atoms with Crippen molar-refractivity contribution >= 4 is 5.69 Å². The summed E-state index contributed by atoms with van der Waals surface area (Å²) in [6.45, 7) is 4.54. The minimum Gasteiger partial charge on any atom is -0.379 e. The monoisotopic (exact) mass is 269 g/mol. The third kappa shape index (κ3) is 1.98. The maximum atomic E-state index is 4.07. The zero-order valence-corrected chi connectivity index (χ0v) is 12.9. The van der Waals surface area contributed by atoms with Gasteiger partial charge in [0, 0.05) is 11.2 Å². The van der Waals surface area contributed by atoms with E-state index in [4.69, 9.17) is 0 Å². The SMILES string of the molecule is CCc1cccc(C)c1NC12CC3CC(CC(C3)C1)C2. The molecule has 1 heteroatoms. The highest BCUT2D eigenvalue weighted by atomic mass is 15.0. The van der Waals surface area contributed by atoms with Gasteiger partial charge in [0.1, 0.15) is 0 Å². The molecular weight excluding hydrogens is 242 g/mol. The van der Waals surface area contributed by atoms with Crippen molar-refractivity contribution in [3.8, 4) is 0 Å². The Morgan fingerprint density at radius 3 is 2.20 bits per heavy atom. The molecule has 108 valence electrons. The minimum absolute atomic E-state index is 0.435. The fourth-order valence-electron chi connectivity index (χ4n) is 5.73. The molecule has 0 aromatic heterocycles. The van der Waals surface area contributed by atoms with Crippen LogP contribution in [0.15, 0.2) is 18.2 Å². The van der Waals surface area contributed by atoms with E-state index in [1.54, 1.807) is 0 Å². The highest BCUT2D eigenvalue weighted by Crippen LogP contribution is 2.56. The van der Waals surface area contributed by atoms with Gasteiger partial charge in [-0.25, -0.2) is 0 Å². The van der Waals surface area contributed by atoms with Crippen molar-refractivity contribution in [3.05, 3.63) is 29.3 Å². The van der Waals surface area contributed by atoms with Gasteiger partial charge in [0.05, 0.1) is 0 Å². The summed E-state index contributed by atoms with van der Waals surface area (Å²) in [5.41, 5.74) is 4.82. The summed E-state index contributed by atoms with van der Waals surface area (Å²) >= 11 is 0. The fraction of sp³-hybridized carbons (Fsp3) is 0.684. The van der Waals surface area contributed by atoms with Gasteiger partial charge in [0.25, 0.3) is 0 Å². The number of nitrogens with one attached hydrogen (secondary N) is 1. The number of hydrogen-bond acceptors (Lipinski definition) is 1. The van der Waals surface area contributed by atoms with Crippen LogP contribution in [0.4, 0.5) is 5.69 Å². The van der Waals surface area contributed by atoms with Crippen LogP contribution in [0.25, 0.3) is 0 Å². The molecule has 0 unspecified atom stereocenters. The van der Waals surface area contributed by atoms with Crippen molar-refractivity contribution in [2.24, 2.45) is 17.8 Å². The number of rotatable bonds is 3. The average Bonchev–Trinajstić information content (AvgIpc) is 2.39. The second kappa shape index (κ2) is 4.51. The van der Waals surface area contributed by atoms with E-state index < -0.39 is 0 Å². The molecule has 0 atom stereocenters. The van der Waals surface area contributed by atoms with Crippen molar-refractivity contribution in [1.29, 1.82) is 0 Å². The van der Waals surface area contributed by atoms with E-state index in [1.165, 1.54) is 55.3 Å². The second-order valence-electron chi connectivity index (χ2n) is 7.79. The van der Waals surface area contributed by atoms with E-state index in [0.29, 0.717) is 5.54 Å². The van der Waals surface area contributed by atoms with E-state index in [1.807, 2.05) is 0 Å². The normalized spacial score (nSPS) is 38.2. The lowest BCUT2D eigenvalue weighted by Gasteiger charge is -2.57. The van der Waals surface area contributed by atoms with Crippen LogP contribution < -0.4 is 5.32 Å². The second-order valence-corrected chi connectivity index (χ2v) is 7.79.